The van der Waals surface area contributed by atoms with Crippen molar-refractivity contribution in [2.45, 2.75) is 51.4 Å². The lowest BCUT2D eigenvalue weighted by Crippen LogP contribution is -2.36. The zero-order chi connectivity index (χ0) is 19.4. The van der Waals surface area contributed by atoms with Crippen LogP contribution in [-0.2, 0) is 9.53 Å². The zero-order valence-corrected chi connectivity index (χ0v) is 18.3. The van der Waals surface area contributed by atoms with E-state index in [2.05, 4.69) is 46.9 Å². The molecule has 146 valence electrons. The number of rotatable bonds is 6. The number of thioether (sulfide) groups is 1. The number of hydrogen-bond acceptors (Lipinski definition) is 6. The van der Waals surface area contributed by atoms with E-state index in [-0.39, 0.29) is 17.8 Å². The van der Waals surface area contributed by atoms with Crippen LogP contribution in [0.25, 0.3) is 11.5 Å². The molecule has 0 aliphatic heterocycles. The molecule has 0 N–H and O–H groups in total. The van der Waals surface area contributed by atoms with Gasteiger partial charge in [-0.05, 0) is 58.7 Å². The van der Waals surface area contributed by atoms with E-state index < -0.39 is 0 Å². The van der Waals surface area contributed by atoms with Crippen LogP contribution < -0.4 is 0 Å². The van der Waals surface area contributed by atoms with Gasteiger partial charge in [-0.25, -0.2) is 0 Å². The first kappa shape index (κ1) is 20.4. The number of carbonyl (C=O) groups is 1. The Kier molecular flexibility index (Phi) is 6.98. The van der Waals surface area contributed by atoms with Gasteiger partial charge in [-0.2, -0.15) is 0 Å². The molecule has 1 aliphatic rings. The van der Waals surface area contributed by atoms with Crippen LogP contribution in [0.4, 0.5) is 0 Å². The second-order valence-electron chi connectivity index (χ2n) is 7.50. The van der Waals surface area contributed by atoms with E-state index in [4.69, 9.17) is 9.15 Å². The summed E-state index contributed by atoms with van der Waals surface area (Å²) >= 11 is 4.69. The standard InChI is InChI=1S/C20H25BrN2O3S/c1-12(2)14-9-8-13(3)10-17(14)25-18(24)11-27-20-23-22-19(26-20)15-6-4-5-7-16(15)21/h4-7,12-14,17H,8-11H2,1-3H3. The molecule has 1 heterocycles. The highest BCUT2D eigenvalue weighted by atomic mass is 79.9. The van der Waals surface area contributed by atoms with Crippen LogP contribution in [0.15, 0.2) is 38.4 Å². The maximum Gasteiger partial charge on any atom is 0.316 e. The van der Waals surface area contributed by atoms with Crippen molar-refractivity contribution in [2.75, 3.05) is 5.75 Å². The van der Waals surface area contributed by atoms with E-state index >= 15 is 0 Å². The van der Waals surface area contributed by atoms with Gasteiger partial charge in [0.2, 0.25) is 5.89 Å². The Morgan fingerprint density at radius 3 is 2.85 bits per heavy atom. The molecule has 1 aromatic carbocycles. The van der Waals surface area contributed by atoms with Gasteiger partial charge in [0.1, 0.15) is 11.9 Å². The highest BCUT2D eigenvalue weighted by Crippen LogP contribution is 2.35. The number of benzene rings is 1. The van der Waals surface area contributed by atoms with Crippen molar-refractivity contribution in [3.05, 3.63) is 28.7 Å². The molecule has 3 atom stereocenters. The molecule has 1 aromatic heterocycles. The fourth-order valence-corrected chi connectivity index (χ4v) is 4.59. The summed E-state index contributed by atoms with van der Waals surface area (Å²) in [5, 5.41) is 8.46. The molecule has 0 radical (unpaired) electrons. The third-order valence-corrected chi connectivity index (χ3v) is 6.55. The summed E-state index contributed by atoms with van der Waals surface area (Å²) in [5.74, 6) is 1.96. The highest BCUT2D eigenvalue weighted by Gasteiger charge is 2.33. The molecule has 1 saturated carbocycles. The minimum absolute atomic E-state index is 0.0142. The second kappa shape index (κ2) is 9.24. The summed E-state index contributed by atoms with van der Waals surface area (Å²) in [6, 6.07) is 7.65. The summed E-state index contributed by atoms with van der Waals surface area (Å²) < 4.78 is 12.4. The van der Waals surface area contributed by atoms with Crippen molar-refractivity contribution in [1.29, 1.82) is 0 Å². The minimum atomic E-state index is -0.217. The molecule has 0 saturated heterocycles. The van der Waals surface area contributed by atoms with Crippen LogP contribution in [0.5, 0.6) is 0 Å². The molecule has 1 fully saturated rings. The van der Waals surface area contributed by atoms with E-state index in [1.54, 1.807) is 0 Å². The molecular weight excluding hydrogens is 428 g/mol. The Morgan fingerprint density at radius 1 is 1.33 bits per heavy atom. The van der Waals surface area contributed by atoms with Gasteiger partial charge in [0.25, 0.3) is 5.22 Å². The van der Waals surface area contributed by atoms with E-state index in [1.165, 1.54) is 18.2 Å². The average molecular weight is 453 g/mol. The lowest BCUT2D eigenvalue weighted by molar-refractivity contribution is -0.152. The van der Waals surface area contributed by atoms with Crippen LogP contribution in [-0.4, -0.2) is 28.0 Å². The second-order valence-corrected chi connectivity index (χ2v) is 9.28. The Hall–Kier alpha value is -1.34. The first-order valence-corrected chi connectivity index (χ1v) is 11.1. The van der Waals surface area contributed by atoms with Gasteiger partial charge in [-0.3, -0.25) is 4.79 Å². The number of hydrogen-bond donors (Lipinski definition) is 0. The maximum absolute atomic E-state index is 12.3. The van der Waals surface area contributed by atoms with Gasteiger partial charge in [-0.15, -0.1) is 10.2 Å². The van der Waals surface area contributed by atoms with Crippen molar-refractivity contribution >= 4 is 33.7 Å². The minimum Gasteiger partial charge on any atom is -0.461 e. The number of ether oxygens (including phenoxy) is 1. The predicted molar refractivity (Wildman–Crippen MR) is 109 cm³/mol. The predicted octanol–water partition coefficient (Wildman–Crippen LogP) is 5.60. The third-order valence-electron chi connectivity index (χ3n) is 5.07. The molecular formula is C20H25BrN2O3S. The normalized spacial score (nSPS) is 22.8. The summed E-state index contributed by atoms with van der Waals surface area (Å²) in [6.45, 7) is 6.64. The number of halogens is 1. The average Bonchev–Trinajstić information content (AvgIpc) is 3.09. The van der Waals surface area contributed by atoms with Crippen LogP contribution in [0, 0.1) is 17.8 Å². The molecule has 0 bridgehead atoms. The van der Waals surface area contributed by atoms with Crippen molar-refractivity contribution in [1.82, 2.24) is 10.2 Å². The first-order valence-electron chi connectivity index (χ1n) is 9.34. The summed E-state index contributed by atoms with van der Waals surface area (Å²) in [4.78, 5) is 12.3. The van der Waals surface area contributed by atoms with Gasteiger partial charge in [0.05, 0.1) is 5.56 Å². The van der Waals surface area contributed by atoms with Crippen molar-refractivity contribution in [3.63, 3.8) is 0 Å². The fourth-order valence-electron chi connectivity index (χ4n) is 3.59. The summed E-state index contributed by atoms with van der Waals surface area (Å²) in [7, 11) is 0. The van der Waals surface area contributed by atoms with E-state index in [0.717, 1.165) is 22.9 Å². The quantitative estimate of drug-likeness (QED) is 0.419. The largest absolute Gasteiger partial charge is 0.461 e. The van der Waals surface area contributed by atoms with Gasteiger partial charge >= 0.3 is 5.97 Å². The molecule has 7 heteroatoms. The number of carbonyl (C=O) groups excluding carboxylic acids is 1. The smallest absolute Gasteiger partial charge is 0.316 e. The van der Waals surface area contributed by atoms with E-state index in [1.807, 2.05) is 24.3 Å². The van der Waals surface area contributed by atoms with Gasteiger partial charge in [-0.1, -0.05) is 51.1 Å². The number of esters is 1. The third kappa shape index (κ3) is 5.35. The Bertz CT molecular complexity index is 780. The summed E-state index contributed by atoms with van der Waals surface area (Å²) in [5.41, 5.74) is 0.829. The zero-order valence-electron chi connectivity index (χ0n) is 15.9. The van der Waals surface area contributed by atoms with Crippen LogP contribution in [0.3, 0.4) is 0 Å². The molecule has 0 amide bonds. The van der Waals surface area contributed by atoms with Crippen molar-refractivity contribution in [2.24, 2.45) is 17.8 Å². The first-order chi connectivity index (χ1) is 12.9. The molecule has 1 aliphatic carbocycles. The molecule has 2 aromatic rings. The molecule has 27 heavy (non-hydrogen) atoms. The molecule has 5 nitrogen and oxygen atoms in total. The Balaban J connectivity index is 1.56. The van der Waals surface area contributed by atoms with Crippen LogP contribution in [0.2, 0.25) is 0 Å². The van der Waals surface area contributed by atoms with Gasteiger partial charge < -0.3 is 9.15 Å². The topological polar surface area (TPSA) is 65.2 Å². The summed E-state index contributed by atoms with van der Waals surface area (Å²) in [6.07, 6.45) is 3.31. The number of aromatic nitrogens is 2. The lowest BCUT2D eigenvalue weighted by atomic mass is 9.75. The van der Waals surface area contributed by atoms with Gasteiger partial charge in [0.15, 0.2) is 0 Å². The molecule has 0 spiro atoms. The number of nitrogens with zero attached hydrogens (tertiary/aromatic N) is 2. The monoisotopic (exact) mass is 452 g/mol. The SMILES string of the molecule is CC1CCC(C(C)C)C(OC(=O)CSc2nnc(-c3ccccc3Br)o2)C1. The highest BCUT2D eigenvalue weighted by molar-refractivity contribution is 9.10. The fraction of sp³-hybridized carbons (Fsp3) is 0.550. The van der Waals surface area contributed by atoms with E-state index in [0.29, 0.717) is 28.9 Å². The molecule has 3 rings (SSSR count). The lowest BCUT2D eigenvalue weighted by Gasteiger charge is -2.36. The Labute approximate surface area is 172 Å². The Morgan fingerprint density at radius 2 is 2.11 bits per heavy atom. The van der Waals surface area contributed by atoms with E-state index in [9.17, 15) is 4.79 Å². The van der Waals surface area contributed by atoms with Crippen molar-refractivity contribution in [3.8, 4) is 11.5 Å². The molecule has 3 unspecified atom stereocenters. The van der Waals surface area contributed by atoms with Crippen LogP contribution in [0.1, 0.15) is 40.0 Å². The van der Waals surface area contributed by atoms with Crippen molar-refractivity contribution < 1.29 is 13.9 Å². The van der Waals surface area contributed by atoms with Crippen LogP contribution >= 0.6 is 27.7 Å². The van der Waals surface area contributed by atoms with Gasteiger partial charge in [0, 0.05) is 4.47 Å². The maximum atomic E-state index is 12.3.